The van der Waals surface area contributed by atoms with Crippen molar-refractivity contribution >= 4 is 15.7 Å². The van der Waals surface area contributed by atoms with E-state index in [0.29, 0.717) is 17.5 Å². The van der Waals surface area contributed by atoms with Crippen LogP contribution < -0.4 is 9.46 Å². The fraction of sp³-hybridized carbons (Fsp3) is 0.545. The smallest absolute Gasteiger partial charge is 0.263 e. The van der Waals surface area contributed by atoms with E-state index in [9.17, 15) is 8.42 Å². The summed E-state index contributed by atoms with van der Waals surface area (Å²) in [5.74, 6) is 0.972. The number of pyridine rings is 2. The number of anilines is 1. The highest BCUT2D eigenvalue weighted by Crippen LogP contribution is 2.30. The number of hydrogen-bond donors (Lipinski definition) is 1. The molecular weight excluding hydrogens is 400 g/mol. The van der Waals surface area contributed by atoms with E-state index in [0.717, 1.165) is 49.3 Å². The Morgan fingerprint density at radius 1 is 1.20 bits per heavy atom. The largest absolute Gasteiger partial charge is 0.479 e. The number of likely N-dealkylation sites (N-methyl/N-ethyl adjacent to an activating group) is 1. The predicted molar refractivity (Wildman–Crippen MR) is 116 cm³/mol. The predicted octanol–water partition coefficient (Wildman–Crippen LogP) is 3.05. The molecule has 2 aromatic rings. The van der Waals surface area contributed by atoms with Crippen LogP contribution in [-0.4, -0.2) is 50.5 Å². The van der Waals surface area contributed by atoms with Crippen LogP contribution in [0.3, 0.4) is 0 Å². The van der Waals surface area contributed by atoms with Crippen molar-refractivity contribution in [2.45, 2.75) is 49.8 Å². The maximum atomic E-state index is 13.0. The average molecular weight is 431 g/mol. The number of aromatic nitrogens is 2. The van der Waals surface area contributed by atoms with E-state index in [2.05, 4.69) is 26.6 Å². The fourth-order valence-corrected chi connectivity index (χ4v) is 5.35. The standard InChI is InChI=1S/C22H30N4O3S/c1-26-11-9-17-14-21(22(29-2)24-20(17)10-12-26)25-30(27,28)19-8-7-18(23-15-19)13-16-5-3-4-6-16/h7-8,14-16,25H,3-6,9-13H2,1-2H3. The SMILES string of the molecule is COc1nc2c(cc1NS(=O)(=O)c1ccc(CC3CCCC3)nc1)CCN(C)CC2. The summed E-state index contributed by atoms with van der Waals surface area (Å²) in [5, 5.41) is 0. The van der Waals surface area contributed by atoms with Crippen LogP contribution in [0.4, 0.5) is 5.69 Å². The highest BCUT2D eigenvalue weighted by atomic mass is 32.2. The Balaban J connectivity index is 1.54. The molecule has 0 saturated heterocycles. The van der Waals surface area contributed by atoms with Crippen molar-refractivity contribution < 1.29 is 13.2 Å². The van der Waals surface area contributed by atoms with Gasteiger partial charge in [0, 0.05) is 37.1 Å². The van der Waals surface area contributed by atoms with Crippen molar-refractivity contribution in [1.29, 1.82) is 0 Å². The second kappa shape index (κ2) is 8.89. The first-order valence-corrected chi connectivity index (χ1v) is 12.2. The molecular formula is C22H30N4O3S. The molecule has 0 radical (unpaired) electrons. The molecule has 0 atom stereocenters. The van der Waals surface area contributed by atoms with Crippen molar-refractivity contribution in [2.24, 2.45) is 5.92 Å². The highest BCUT2D eigenvalue weighted by Gasteiger charge is 2.22. The number of ether oxygens (including phenoxy) is 1. The average Bonchev–Trinajstić information content (AvgIpc) is 3.17. The van der Waals surface area contributed by atoms with Gasteiger partial charge in [-0.2, -0.15) is 0 Å². The number of methoxy groups -OCH3 is 1. The summed E-state index contributed by atoms with van der Waals surface area (Å²) in [6, 6.07) is 5.33. The molecule has 1 aliphatic carbocycles. The molecule has 0 spiro atoms. The number of fused-ring (bicyclic) bond motifs is 1. The van der Waals surface area contributed by atoms with Crippen LogP contribution in [0.2, 0.25) is 0 Å². The third-order valence-electron chi connectivity index (χ3n) is 6.17. The normalized spacial score (nSPS) is 18.1. The minimum absolute atomic E-state index is 0.148. The molecule has 7 nitrogen and oxygen atoms in total. The quantitative estimate of drug-likeness (QED) is 0.758. The molecule has 8 heteroatoms. The molecule has 162 valence electrons. The Kier molecular flexibility index (Phi) is 6.24. The van der Waals surface area contributed by atoms with Crippen LogP contribution in [0.15, 0.2) is 29.3 Å². The lowest BCUT2D eigenvalue weighted by Crippen LogP contribution is -2.20. The zero-order valence-electron chi connectivity index (χ0n) is 17.7. The summed E-state index contributed by atoms with van der Waals surface area (Å²) < 4.78 is 34.0. The van der Waals surface area contributed by atoms with Gasteiger partial charge in [-0.05, 0) is 49.6 Å². The molecule has 30 heavy (non-hydrogen) atoms. The van der Waals surface area contributed by atoms with Gasteiger partial charge in [0.15, 0.2) is 0 Å². The highest BCUT2D eigenvalue weighted by molar-refractivity contribution is 7.92. The Hall–Kier alpha value is -2.19. The first-order valence-electron chi connectivity index (χ1n) is 10.7. The number of rotatable bonds is 6. The van der Waals surface area contributed by atoms with Crippen LogP contribution in [0.25, 0.3) is 0 Å². The maximum absolute atomic E-state index is 13.0. The van der Waals surface area contributed by atoms with Crippen LogP contribution in [0, 0.1) is 5.92 Å². The lowest BCUT2D eigenvalue weighted by Gasteiger charge is -2.15. The van der Waals surface area contributed by atoms with Crippen LogP contribution in [0.5, 0.6) is 5.88 Å². The number of nitrogens with zero attached hydrogens (tertiary/aromatic N) is 3. The second-order valence-electron chi connectivity index (χ2n) is 8.40. The van der Waals surface area contributed by atoms with Crippen molar-refractivity contribution in [1.82, 2.24) is 14.9 Å². The molecule has 0 unspecified atom stereocenters. The van der Waals surface area contributed by atoms with Gasteiger partial charge in [-0.25, -0.2) is 13.4 Å². The summed E-state index contributed by atoms with van der Waals surface area (Å²) in [7, 11) is -0.191. The Bertz CT molecular complexity index is 986. The van der Waals surface area contributed by atoms with E-state index < -0.39 is 10.0 Å². The molecule has 1 N–H and O–H groups in total. The van der Waals surface area contributed by atoms with E-state index >= 15 is 0 Å². The number of nitrogens with one attached hydrogen (secondary N) is 1. The third-order valence-corrected chi connectivity index (χ3v) is 7.52. The molecule has 2 aliphatic rings. The number of sulfonamides is 1. The van der Waals surface area contributed by atoms with Crippen molar-refractivity contribution in [3.63, 3.8) is 0 Å². The first-order chi connectivity index (χ1) is 14.4. The number of hydrogen-bond acceptors (Lipinski definition) is 6. The third kappa shape index (κ3) is 4.75. The topological polar surface area (TPSA) is 84.4 Å². The zero-order chi connectivity index (χ0) is 21.1. The molecule has 3 heterocycles. The van der Waals surface area contributed by atoms with Gasteiger partial charge in [0.1, 0.15) is 10.6 Å². The van der Waals surface area contributed by atoms with Crippen molar-refractivity contribution in [2.75, 3.05) is 32.0 Å². The minimum atomic E-state index is -3.78. The molecule has 0 bridgehead atoms. The second-order valence-corrected chi connectivity index (χ2v) is 10.1. The van der Waals surface area contributed by atoms with E-state index in [1.807, 2.05) is 12.1 Å². The molecule has 4 rings (SSSR count). The Labute approximate surface area is 178 Å². The van der Waals surface area contributed by atoms with Crippen LogP contribution in [0.1, 0.15) is 42.6 Å². The van der Waals surface area contributed by atoms with Gasteiger partial charge in [0.2, 0.25) is 5.88 Å². The van der Waals surface area contributed by atoms with Crippen LogP contribution in [-0.2, 0) is 29.3 Å². The van der Waals surface area contributed by atoms with E-state index in [1.54, 1.807) is 6.07 Å². The van der Waals surface area contributed by atoms with Gasteiger partial charge in [-0.3, -0.25) is 9.71 Å². The van der Waals surface area contributed by atoms with Crippen molar-refractivity contribution in [3.8, 4) is 5.88 Å². The molecule has 2 aromatic heterocycles. The van der Waals surface area contributed by atoms with Gasteiger partial charge in [0.25, 0.3) is 10.0 Å². The first kappa shape index (κ1) is 21.1. The van der Waals surface area contributed by atoms with Crippen molar-refractivity contribution in [3.05, 3.63) is 41.3 Å². The monoisotopic (exact) mass is 430 g/mol. The zero-order valence-corrected chi connectivity index (χ0v) is 18.5. The summed E-state index contributed by atoms with van der Waals surface area (Å²) in [6.07, 6.45) is 9.07. The van der Waals surface area contributed by atoms with Gasteiger partial charge in [-0.15, -0.1) is 0 Å². The lowest BCUT2D eigenvalue weighted by molar-refractivity contribution is 0.351. The Morgan fingerprint density at radius 2 is 1.97 bits per heavy atom. The summed E-state index contributed by atoms with van der Waals surface area (Å²) in [5.41, 5.74) is 3.35. The molecule has 1 aliphatic heterocycles. The molecule has 0 amide bonds. The molecule has 1 fully saturated rings. The van der Waals surface area contributed by atoms with E-state index in [4.69, 9.17) is 4.74 Å². The van der Waals surface area contributed by atoms with Gasteiger partial charge in [0.05, 0.1) is 7.11 Å². The summed E-state index contributed by atoms with van der Waals surface area (Å²) in [6.45, 7) is 1.84. The van der Waals surface area contributed by atoms with Gasteiger partial charge in [-0.1, -0.05) is 25.7 Å². The van der Waals surface area contributed by atoms with E-state index in [-0.39, 0.29) is 4.90 Å². The van der Waals surface area contributed by atoms with E-state index in [1.165, 1.54) is 39.0 Å². The van der Waals surface area contributed by atoms with Crippen LogP contribution >= 0.6 is 0 Å². The maximum Gasteiger partial charge on any atom is 0.263 e. The Morgan fingerprint density at radius 3 is 2.67 bits per heavy atom. The van der Waals surface area contributed by atoms with Gasteiger partial charge < -0.3 is 9.64 Å². The summed E-state index contributed by atoms with van der Waals surface area (Å²) in [4.78, 5) is 11.4. The summed E-state index contributed by atoms with van der Waals surface area (Å²) >= 11 is 0. The lowest BCUT2D eigenvalue weighted by atomic mass is 10.0. The molecule has 1 saturated carbocycles. The molecule has 0 aromatic carbocycles. The fourth-order valence-electron chi connectivity index (χ4n) is 4.36. The minimum Gasteiger partial charge on any atom is -0.479 e. The van der Waals surface area contributed by atoms with Gasteiger partial charge >= 0.3 is 0 Å².